The van der Waals surface area contributed by atoms with Crippen LogP contribution in [0.4, 0.5) is 0 Å². The van der Waals surface area contributed by atoms with Gasteiger partial charge in [-0.25, -0.2) is 0 Å². The zero-order chi connectivity index (χ0) is 26.1. The topological polar surface area (TPSA) is 185 Å². The summed E-state index contributed by atoms with van der Waals surface area (Å²) in [6.45, 7) is 4.26. The van der Waals surface area contributed by atoms with Gasteiger partial charge in [0.2, 0.25) is 0 Å². The third-order valence-electron chi connectivity index (χ3n) is 5.85. The summed E-state index contributed by atoms with van der Waals surface area (Å²) in [5.41, 5.74) is 5.48. The van der Waals surface area contributed by atoms with Gasteiger partial charge in [0.05, 0.1) is 12.7 Å². The third kappa shape index (κ3) is 8.03. The predicted molar refractivity (Wildman–Crippen MR) is 118 cm³/mol. The second kappa shape index (κ2) is 14.4. The Morgan fingerprint density at radius 2 is 1.54 bits per heavy atom. The van der Waals surface area contributed by atoms with E-state index in [0.717, 1.165) is 12.8 Å². The van der Waals surface area contributed by atoms with Crippen molar-refractivity contribution in [2.24, 2.45) is 5.73 Å². The Morgan fingerprint density at radius 1 is 0.886 bits per heavy atom. The monoisotopic (exact) mass is 509 g/mol. The van der Waals surface area contributed by atoms with Crippen molar-refractivity contribution in [1.82, 2.24) is 0 Å². The first-order chi connectivity index (χ1) is 16.6. The van der Waals surface area contributed by atoms with Crippen LogP contribution in [0.1, 0.15) is 40.0 Å². The van der Waals surface area contributed by atoms with Gasteiger partial charge in [-0.3, -0.25) is 9.59 Å². The highest BCUT2D eigenvalue weighted by Crippen LogP contribution is 2.32. The van der Waals surface area contributed by atoms with Crippen molar-refractivity contribution < 1.29 is 58.1 Å². The van der Waals surface area contributed by atoms with Crippen molar-refractivity contribution in [3.8, 4) is 0 Å². The second-order valence-corrected chi connectivity index (χ2v) is 8.59. The van der Waals surface area contributed by atoms with Gasteiger partial charge in [-0.05, 0) is 32.7 Å². The van der Waals surface area contributed by atoms with E-state index in [1.165, 1.54) is 21.0 Å². The van der Waals surface area contributed by atoms with Crippen LogP contribution >= 0.6 is 0 Å². The van der Waals surface area contributed by atoms with E-state index in [4.69, 9.17) is 38.9 Å². The molecule has 0 radical (unpaired) electrons. The maximum atomic E-state index is 11.8. The molecule has 2 aliphatic rings. The molecular weight excluding hydrogens is 470 g/mol. The molecule has 0 amide bonds. The summed E-state index contributed by atoms with van der Waals surface area (Å²) < 4.78 is 39.1. The number of unbranched alkanes of at least 4 members (excludes halogenated alkanes) is 2. The molecule has 2 rings (SSSR count). The molecule has 2 saturated heterocycles. The summed E-state index contributed by atoms with van der Waals surface area (Å²) in [5, 5.41) is 31.3. The Morgan fingerprint density at radius 3 is 2.11 bits per heavy atom. The van der Waals surface area contributed by atoms with Gasteiger partial charge in [0.15, 0.2) is 24.8 Å². The molecule has 5 N–H and O–H groups in total. The first-order valence-electron chi connectivity index (χ1n) is 11.8. The minimum atomic E-state index is -1.47. The minimum Gasteiger partial charge on any atom is -0.457 e. The summed E-state index contributed by atoms with van der Waals surface area (Å²) in [6.07, 6.45) is -9.41. The lowest BCUT2D eigenvalue weighted by Gasteiger charge is -2.47. The fourth-order valence-electron chi connectivity index (χ4n) is 4.15. The molecule has 0 aliphatic carbocycles. The van der Waals surface area contributed by atoms with Gasteiger partial charge in [0.25, 0.3) is 0 Å². The summed E-state index contributed by atoms with van der Waals surface area (Å²) in [4.78, 5) is 23.4. The van der Waals surface area contributed by atoms with Gasteiger partial charge in [-0.15, -0.1) is 0 Å². The minimum absolute atomic E-state index is 0.255. The standard InChI is InChI=1S/C22H39NO12/c1-11-17(32-12(2)25)19(29-4)20(33-13(3)26)22(31-11)35-18-15(27)14(10-24)34-21(16(18)28)30-9-7-5-6-8-23/h11,14-22,24,27-28H,5-10,23H2,1-4H3/t11-,14+,15+,16+,17+,18-,19+,20+,21+,22-/m0/s1. The van der Waals surface area contributed by atoms with E-state index in [-0.39, 0.29) is 6.61 Å². The fourth-order valence-corrected chi connectivity index (χ4v) is 4.15. The molecule has 0 unspecified atom stereocenters. The van der Waals surface area contributed by atoms with Crippen molar-refractivity contribution in [2.75, 3.05) is 26.9 Å². The third-order valence-corrected chi connectivity index (χ3v) is 5.85. The van der Waals surface area contributed by atoms with E-state index in [2.05, 4.69) is 0 Å². The number of rotatable bonds is 12. The molecular formula is C22H39NO12. The number of esters is 2. The number of carbonyl (C=O) groups is 2. The lowest BCUT2D eigenvalue weighted by Crippen LogP contribution is -2.65. The largest absolute Gasteiger partial charge is 0.457 e. The molecule has 0 bridgehead atoms. The second-order valence-electron chi connectivity index (χ2n) is 8.59. The molecule has 2 fully saturated rings. The van der Waals surface area contributed by atoms with Crippen LogP contribution in [0, 0.1) is 0 Å². The van der Waals surface area contributed by atoms with Crippen LogP contribution in [0.15, 0.2) is 0 Å². The van der Waals surface area contributed by atoms with Crippen LogP contribution in [-0.2, 0) is 42.7 Å². The van der Waals surface area contributed by atoms with E-state index in [1.807, 2.05) is 0 Å². The normalized spacial score (nSPS) is 37.6. The van der Waals surface area contributed by atoms with Crippen molar-refractivity contribution >= 4 is 11.9 Å². The number of aliphatic hydroxyl groups excluding tert-OH is 3. The van der Waals surface area contributed by atoms with Crippen LogP contribution in [0.3, 0.4) is 0 Å². The zero-order valence-corrected chi connectivity index (χ0v) is 20.6. The zero-order valence-electron chi connectivity index (χ0n) is 20.6. The van der Waals surface area contributed by atoms with E-state index in [1.54, 1.807) is 6.92 Å². The van der Waals surface area contributed by atoms with Gasteiger partial charge >= 0.3 is 11.9 Å². The number of aliphatic hydroxyl groups is 3. The van der Waals surface area contributed by atoms with Crippen molar-refractivity contribution in [1.29, 1.82) is 0 Å². The van der Waals surface area contributed by atoms with Crippen molar-refractivity contribution in [3.63, 3.8) is 0 Å². The van der Waals surface area contributed by atoms with Crippen LogP contribution in [0.2, 0.25) is 0 Å². The number of methoxy groups -OCH3 is 1. The Hall–Kier alpha value is -1.42. The highest BCUT2D eigenvalue weighted by atomic mass is 16.7. The maximum Gasteiger partial charge on any atom is 0.303 e. The molecule has 13 nitrogen and oxygen atoms in total. The van der Waals surface area contributed by atoms with E-state index >= 15 is 0 Å². The van der Waals surface area contributed by atoms with Crippen molar-refractivity contribution in [3.05, 3.63) is 0 Å². The van der Waals surface area contributed by atoms with Crippen LogP contribution in [0.25, 0.3) is 0 Å². The molecule has 35 heavy (non-hydrogen) atoms. The number of ether oxygens (including phenoxy) is 7. The van der Waals surface area contributed by atoms with Gasteiger partial charge in [0.1, 0.15) is 30.5 Å². The Bertz CT molecular complexity index is 666. The quantitative estimate of drug-likeness (QED) is 0.178. The predicted octanol–water partition coefficient (Wildman–Crippen LogP) is -1.42. The van der Waals surface area contributed by atoms with Gasteiger partial charge in [-0.1, -0.05) is 0 Å². The highest BCUT2D eigenvalue weighted by molar-refractivity contribution is 5.67. The SMILES string of the molecule is CO[C@H]1[C@@H](OC(C)=O)[C@H](O[C@@H]2[C@@H](O)[C@H](OCCCCCN)O[C@H](CO)[C@H]2O)O[C@@H](C)[C@H]1OC(C)=O. The molecule has 204 valence electrons. The first kappa shape index (κ1) is 29.8. The number of carbonyl (C=O) groups excluding carboxylic acids is 2. The van der Waals surface area contributed by atoms with E-state index in [0.29, 0.717) is 13.0 Å². The van der Waals surface area contributed by atoms with Gasteiger partial charge < -0.3 is 54.2 Å². The van der Waals surface area contributed by atoms with E-state index < -0.39 is 80.0 Å². The molecule has 0 aromatic carbocycles. The van der Waals surface area contributed by atoms with Gasteiger partial charge in [-0.2, -0.15) is 0 Å². The number of hydrogen-bond donors (Lipinski definition) is 4. The highest BCUT2D eigenvalue weighted by Gasteiger charge is 2.53. The van der Waals surface area contributed by atoms with Crippen LogP contribution < -0.4 is 5.73 Å². The molecule has 0 saturated carbocycles. The summed E-state index contributed by atoms with van der Waals surface area (Å²) in [5.74, 6) is -1.26. The average molecular weight is 510 g/mol. The molecule has 10 atom stereocenters. The Balaban J connectivity index is 2.21. The summed E-state index contributed by atoms with van der Waals surface area (Å²) >= 11 is 0. The first-order valence-corrected chi connectivity index (χ1v) is 11.8. The van der Waals surface area contributed by atoms with Crippen LogP contribution in [-0.4, -0.2) is 116 Å². The molecule has 2 aliphatic heterocycles. The smallest absolute Gasteiger partial charge is 0.303 e. The number of hydrogen-bond acceptors (Lipinski definition) is 13. The molecule has 2 heterocycles. The number of nitrogens with two attached hydrogens (primary N) is 1. The van der Waals surface area contributed by atoms with E-state index in [9.17, 15) is 24.9 Å². The molecule has 0 aromatic rings. The fraction of sp³-hybridized carbons (Fsp3) is 0.909. The maximum absolute atomic E-state index is 11.8. The lowest BCUT2D eigenvalue weighted by molar-refractivity contribution is -0.359. The molecule has 0 spiro atoms. The average Bonchev–Trinajstić information content (AvgIpc) is 2.80. The Kier molecular flexibility index (Phi) is 12.2. The lowest BCUT2D eigenvalue weighted by atomic mass is 9.96. The van der Waals surface area contributed by atoms with Crippen molar-refractivity contribution in [2.45, 2.75) is 101 Å². The molecule has 13 heteroatoms. The van der Waals surface area contributed by atoms with Gasteiger partial charge in [0, 0.05) is 27.6 Å². The Labute approximate surface area is 204 Å². The summed E-state index contributed by atoms with van der Waals surface area (Å²) in [6, 6.07) is 0. The summed E-state index contributed by atoms with van der Waals surface area (Å²) in [7, 11) is 1.35. The molecule has 0 aromatic heterocycles. The van der Waals surface area contributed by atoms with Crippen LogP contribution in [0.5, 0.6) is 0 Å².